The van der Waals surface area contributed by atoms with Gasteiger partial charge >= 0.3 is 0 Å². The molecule has 0 saturated heterocycles. The Labute approximate surface area is 187 Å². The average molecular weight is 431 g/mol. The maximum Gasteiger partial charge on any atom is 0.269 e. The van der Waals surface area contributed by atoms with Gasteiger partial charge < -0.3 is 20.1 Å². The molecule has 1 saturated carbocycles. The Bertz CT molecular complexity index is 1220. The normalized spacial score (nSPS) is 15.2. The fraction of sp³-hybridized carbons (Fsp3) is 0.240. The third-order valence-corrected chi connectivity index (χ3v) is 6.14. The van der Waals surface area contributed by atoms with Gasteiger partial charge in [0.25, 0.3) is 5.91 Å². The van der Waals surface area contributed by atoms with Crippen molar-refractivity contribution in [3.05, 3.63) is 71.5 Å². The summed E-state index contributed by atoms with van der Waals surface area (Å²) in [7, 11) is 1.57. The SMILES string of the molecule is CNC(=O)c1ccc(-c2cc(NC(=O)C3(c4ccc5c(c4)OCO5)CC3)ccc2C)cn1.[HH]. The molecule has 0 bridgehead atoms. The van der Waals surface area contributed by atoms with Gasteiger partial charge in [0.15, 0.2) is 11.5 Å². The third kappa shape index (κ3) is 3.45. The Kier molecular flexibility index (Phi) is 4.81. The van der Waals surface area contributed by atoms with Crippen molar-refractivity contribution in [2.24, 2.45) is 0 Å². The van der Waals surface area contributed by atoms with E-state index in [0.717, 1.165) is 40.8 Å². The van der Waals surface area contributed by atoms with E-state index in [9.17, 15) is 9.59 Å². The van der Waals surface area contributed by atoms with Gasteiger partial charge in [-0.25, -0.2) is 0 Å². The number of fused-ring (bicyclic) bond motifs is 1. The van der Waals surface area contributed by atoms with Gasteiger partial charge in [0, 0.05) is 25.9 Å². The van der Waals surface area contributed by atoms with E-state index in [4.69, 9.17) is 9.47 Å². The van der Waals surface area contributed by atoms with E-state index in [1.165, 1.54) is 0 Å². The van der Waals surface area contributed by atoms with E-state index in [-0.39, 0.29) is 20.0 Å². The Morgan fingerprint density at radius 2 is 1.84 bits per heavy atom. The number of benzene rings is 2. The van der Waals surface area contributed by atoms with Gasteiger partial charge in [-0.3, -0.25) is 14.6 Å². The van der Waals surface area contributed by atoms with Gasteiger partial charge in [0.2, 0.25) is 12.7 Å². The summed E-state index contributed by atoms with van der Waals surface area (Å²) in [5.74, 6) is 1.14. The van der Waals surface area contributed by atoms with Crippen LogP contribution in [0.4, 0.5) is 5.69 Å². The second kappa shape index (κ2) is 7.67. The number of hydrogen-bond donors (Lipinski definition) is 2. The van der Waals surface area contributed by atoms with Crippen molar-refractivity contribution in [2.75, 3.05) is 19.2 Å². The molecule has 0 unspecified atom stereocenters. The van der Waals surface area contributed by atoms with Crippen LogP contribution in [0, 0.1) is 6.92 Å². The first-order chi connectivity index (χ1) is 15.5. The Morgan fingerprint density at radius 3 is 2.56 bits per heavy atom. The van der Waals surface area contributed by atoms with E-state index in [0.29, 0.717) is 17.2 Å². The number of carbonyl (C=O) groups is 2. The lowest BCUT2D eigenvalue weighted by molar-refractivity contribution is -0.118. The minimum absolute atomic E-state index is 0. The number of nitrogens with zero attached hydrogens (tertiary/aromatic N) is 1. The number of amides is 2. The van der Waals surface area contributed by atoms with Crippen LogP contribution in [-0.2, 0) is 10.2 Å². The van der Waals surface area contributed by atoms with Gasteiger partial charge in [-0.05, 0) is 66.8 Å². The second-order valence-electron chi connectivity index (χ2n) is 8.15. The number of anilines is 1. The van der Waals surface area contributed by atoms with Crippen molar-refractivity contribution in [1.82, 2.24) is 10.3 Å². The lowest BCUT2D eigenvalue weighted by atomic mass is 9.94. The minimum Gasteiger partial charge on any atom is -0.454 e. The highest BCUT2D eigenvalue weighted by Crippen LogP contribution is 2.51. The monoisotopic (exact) mass is 431 g/mol. The van der Waals surface area contributed by atoms with E-state index in [2.05, 4.69) is 15.6 Å². The van der Waals surface area contributed by atoms with E-state index >= 15 is 0 Å². The van der Waals surface area contributed by atoms with Crippen LogP contribution in [0.15, 0.2) is 54.7 Å². The van der Waals surface area contributed by atoms with Gasteiger partial charge in [0.05, 0.1) is 5.41 Å². The molecule has 3 aromatic rings. The second-order valence-corrected chi connectivity index (χ2v) is 8.15. The first-order valence-electron chi connectivity index (χ1n) is 10.5. The summed E-state index contributed by atoms with van der Waals surface area (Å²) in [6.07, 6.45) is 3.26. The van der Waals surface area contributed by atoms with Gasteiger partial charge in [-0.2, -0.15) is 0 Å². The van der Waals surface area contributed by atoms with Crippen molar-refractivity contribution in [2.45, 2.75) is 25.2 Å². The Morgan fingerprint density at radius 1 is 1.03 bits per heavy atom. The highest BCUT2D eigenvalue weighted by atomic mass is 16.7. The summed E-state index contributed by atoms with van der Waals surface area (Å²) >= 11 is 0. The molecule has 0 radical (unpaired) electrons. The maximum atomic E-state index is 13.2. The molecule has 5 rings (SSSR count). The molecule has 2 heterocycles. The molecule has 1 aromatic heterocycles. The van der Waals surface area contributed by atoms with Crippen molar-refractivity contribution in [3.63, 3.8) is 0 Å². The lowest BCUT2D eigenvalue weighted by Gasteiger charge is -2.17. The number of carbonyl (C=O) groups excluding carboxylic acids is 2. The number of ether oxygens (including phenoxy) is 2. The van der Waals surface area contributed by atoms with Crippen LogP contribution in [0.25, 0.3) is 11.1 Å². The fourth-order valence-corrected chi connectivity index (χ4v) is 4.04. The molecule has 2 aliphatic rings. The zero-order valence-electron chi connectivity index (χ0n) is 17.9. The summed E-state index contributed by atoms with van der Waals surface area (Å²) in [5.41, 5.74) is 4.36. The van der Waals surface area contributed by atoms with Crippen LogP contribution in [0.5, 0.6) is 11.5 Å². The van der Waals surface area contributed by atoms with E-state index in [1.807, 2.05) is 49.4 Å². The van der Waals surface area contributed by atoms with Gasteiger partial charge in [-0.1, -0.05) is 18.2 Å². The Balaban J connectivity index is 0.00000259. The number of aryl methyl sites for hydroxylation is 1. The first kappa shape index (κ1) is 20.1. The van der Waals surface area contributed by atoms with E-state index < -0.39 is 5.41 Å². The maximum absolute atomic E-state index is 13.2. The third-order valence-electron chi connectivity index (χ3n) is 6.14. The lowest BCUT2D eigenvalue weighted by Crippen LogP contribution is -2.27. The molecule has 1 aliphatic carbocycles. The summed E-state index contributed by atoms with van der Waals surface area (Å²) < 4.78 is 10.9. The molecule has 164 valence electrons. The number of hydrogen-bond acceptors (Lipinski definition) is 5. The van der Waals surface area contributed by atoms with Crippen molar-refractivity contribution in [3.8, 4) is 22.6 Å². The number of pyridine rings is 1. The summed E-state index contributed by atoms with van der Waals surface area (Å²) in [6.45, 7) is 2.21. The van der Waals surface area contributed by atoms with Crippen molar-refractivity contribution < 1.29 is 20.5 Å². The smallest absolute Gasteiger partial charge is 0.269 e. The molecule has 32 heavy (non-hydrogen) atoms. The average Bonchev–Trinajstić information content (AvgIpc) is 3.50. The topological polar surface area (TPSA) is 89.6 Å². The van der Waals surface area contributed by atoms with E-state index in [1.54, 1.807) is 19.3 Å². The molecule has 7 heteroatoms. The van der Waals surface area contributed by atoms with Crippen LogP contribution in [-0.4, -0.2) is 30.6 Å². The molecule has 1 fully saturated rings. The summed E-state index contributed by atoms with van der Waals surface area (Å²) in [4.78, 5) is 29.2. The zero-order chi connectivity index (χ0) is 22.3. The zero-order valence-corrected chi connectivity index (χ0v) is 17.9. The summed E-state index contributed by atoms with van der Waals surface area (Å²) in [6, 6.07) is 15.1. The molecule has 0 spiro atoms. The Hall–Kier alpha value is -3.87. The van der Waals surface area contributed by atoms with Crippen LogP contribution >= 0.6 is 0 Å². The van der Waals surface area contributed by atoms with Crippen molar-refractivity contribution >= 4 is 17.5 Å². The largest absolute Gasteiger partial charge is 0.454 e. The first-order valence-corrected chi connectivity index (χ1v) is 10.5. The minimum atomic E-state index is -0.539. The number of aromatic nitrogens is 1. The molecular formula is C25H25N3O4. The molecule has 2 N–H and O–H groups in total. The molecule has 1 aliphatic heterocycles. The predicted molar refractivity (Wildman–Crippen MR) is 122 cm³/mol. The molecule has 0 atom stereocenters. The van der Waals surface area contributed by atoms with Gasteiger partial charge in [0.1, 0.15) is 5.69 Å². The standard InChI is InChI=1S/C25H23N3O4.H2/c1-15-3-6-18(12-19(15)16-4-7-20(27-13-16)23(29)26-2)28-24(30)25(9-10-25)17-5-8-21-22(11-17)32-14-31-21;/h3-8,11-13H,9-10,14H2,1-2H3,(H,26,29)(H,28,30);1H. The number of rotatable bonds is 5. The van der Waals surface area contributed by atoms with Crippen LogP contribution in [0.2, 0.25) is 0 Å². The van der Waals surface area contributed by atoms with Gasteiger partial charge in [-0.15, -0.1) is 0 Å². The molecule has 2 amide bonds. The van der Waals surface area contributed by atoms with Crippen LogP contribution < -0.4 is 20.1 Å². The van der Waals surface area contributed by atoms with Crippen LogP contribution in [0.3, 0.4) is 0 Å². The fourth-order valence-electron chi connectivity index (χ4n) is 4.04. The summed E-state index contributed by atoms with van der Waals surface area (Å²) in [5, 5.41) is 5.66. The molecular weight excluding hydrogens is 406 g/mol. The van der Waals surface area contributed by atoms with Crippen molar-refractivity contribution in [1.29, 1.82) is 0 Å². The highest BCUT2D eigenvalue weighted by Gasteiger charge is 2.51. The highest BCUT2D eigenvalue weighted by molar-refractivity contribution is 6.02. The quantitative estimate of drug-likeness (QED) is 0.636. The molecule has 2 aromatic carbocycles. The van der Waals surface area contributed by atoms with Crippen LogP contribution in [0.1, 0.15) is 35.9 Å². The molecule has 7 nitrogen and oxygen atoms in total. The number of nitrogens with one attached hydrogen (secondary N) is 2. The predicted octanol–water partition coefficient (Wildman–Crippen LogP) is 4.06.